The molecule has 10 rings (SSSR count). The summed E-state index contributed by atoms with van der Waals surface area (Å²) >= 11 is 1.87. The topological polar surface area (TPSA) is 26.3 Å². The van der Waals surface area contributed by atoms with Gasteiger partial charge in [0.25, 0.3) is 0 Å². The molecule has 0 atom stereocenters. The standard InChI is InChI=1S/C40H22O2S/c1-3-11-29-27(9-1)36(24-16-18-26-25-8-5-6-15-34(25)43-35(26)22-24)28-10-2-4-12-30(28)37(29)31-13-7-14-32-38-33(42-40(31)32)19-17-23-20-21-41-39(23)38/h1-22H. The minimum atomic E-state index is 0.840. The van der Waals surface area contributed by atoms with E-state index in [0.717, 1.165) is 38.5 Å². The molecule has 2 nitrogen and oxygen atoms in total. The van der Waals surface area contributed by atoms with Gasteiger partial charge in [-0.25, -0.2) is 0 Å². The van der Waals surface area contributed by atoms with Crippen molar-refractivity contribution in [2.75, 3.05) is 0 Å². The van der Waals surface area contributed by atoms with Crippen molar-refractivity contribution in [2.24, 2.45) is 0 Å². The first-order valence-electron chi connectivity index (χ1n) is 14.5. The summed E-state index contributed by atoms with van der Waals surface area (Å²) in [4.78, 5) is 0. The summed E-state index contributed by atoms with van der Waals surface area (Å²) in [6, 6.07) is 45.9. The second kappa shape index (κ2) is 8.57. The zero-order chi connectivity index (χ0) is 28.1. The average molecular weight is 567 g/mol. The lowest BCUT2D eigenvalue weighted by Gasteiger charge is -2.18. The second-order valence-electron chi connectivity index (χ2n) is 11.2. The van der Waals surface area contributed by atoms with Crippen LogP contribution in [0.1, 0.15) is 0 Å². The lowest BCUT2D eigenvalue weighted by Crippen LogP contribution is -1.91. The molecule has 3 aromatic heterocycles. The van der Waals surface area contributed by atoms with Gasteiger partial charge >= 0.3 is 0 Å². The van der Waals surface area contributed by atoms with Crippen molar-refractivity contribution in [1.82, 2.24) is 0 Å². The molecule has 0 N–H and O–H groups in total. The molecule has 3 heteroatoms. The molecule has 43 heavy (non-hydrogen) atoms. The van der Waals surface area contributed by atoms with Crippen molar-refractivity contribution < 1.29 is 8.83 Å². The Labute approximate surface area is 250 Å². The summed E-state index contributed by atoms with van der Waals surface area (Å²) in [6.45, 7) is 0. The molecule has 0 radical (unpaired) electrons. The van der Waals surface area contributed by atoms with Crippen LogP contribution in [0.4, 0.5) is 0 Å². The van der Waals surface area contributed by atoms with E-state index in [-0.39, 0.29) is 0 Å². The number of benzene rings is 7. The predicted octanol–water partition coefficient (Wildman–Crippen LogP) is 12.3. The van der Waals surface area contributed by atoms with Crippen LogP contribution < -0.4 is 0 Å². The summed E-state index contributed by atoms with van der Waals surface area (Å²) in [5.74, 6) is 0. The molecular formula is C40H22O2S. The number of fused-ring (bicyclic) bond motifs is 10. The number of hydrogen-bond acceptors (Lipinski definition) is 3. The van der Waals surface area contributed by atoms with Crippen molar-refractivity contribution in [3.8, 4) is 22.3 Å². The molecule has 0 unspecified atom stereocenters. The first kappa shape index (κ1) is 23.2. The lowest BCUT2D eigenvalue weighted by atomic mass is 9.85. The summed E-state index contributed by atoms with van der Waals surface area (Å²) in [6.07, 6.45) is 1.75. The normalized spacial score (nSPS) is 12.2. The van der Waals surface area contributed by atoms with E-state index in [0.29, 0.717) is 0 Å². The number of para-hydroxylation sites is 1. The molecule has 0 amide bonds. The van der Waals surface area contributed by atoms with Crippen LogP contribution in [0.2, 0.25) is 0 Å². The third kappa shape index (κ3) is 3.17. The van der Waals surface area contributed by atoms with Gasteiger partial charge in [-0.05, 0) is 63.0 Å². The fourth-order valence-corrected chi connectivity index (χ4v) is 8.26. The Morgan fingerprint density at radius 2 is 1.14 bits per heavy atom. The van der Waals surface area contributed by atoms with Gasteiger partial charge in [-0.1, -0.05) is 97.1 Å². The van der Waals surface area contributed by atoms with Crippen LogP contribution in [0.25, 0.3) is 96.9 Å². The highest BCUT2D eigenvalue weighted by Gasteiger charge is 2.21. The number of furan rings is 2. The highest BCUT2D eigenvalue weighted by Crippen LogP contribution is 2.48. The molecule has 7 aromatic carbocycles. The highest BCUT2D eigenvalue weighted by atomic mass is 32.1. The van der Waals surface area contributed by atoms with E-state index >= 15 is 0 Å². The number of thiophene rings is 1. The third-order valence-corrected chi connectivity index (χ3v) is 10.1. The Morgan fingerprint density at radius 3 is 1.93 bits per heavy atom. The van der Waals surface area contributed by atoms with Gasteiger partial charge in [0.05, 0.1) is 11.6 Å². The van der Waals surface area contributed by atoms with E-state index in [4.69, 9.17) is 8.83 Å². The summed E-state index contributed by atoms with van der Waals surface area (Å²) in [5.41, 5.74) is 7.38. The molecular weight excluding hydrogens is 545 g/mol. The summed E-state index contributed by atoms with van der Waals surface area (Å²) < 4.78 is 15.2. The predicted molar refractivity (Wildman–Crippen MR) is 182 cm³/mol. The fraction of sp³-hybridized carbons (Fsp3) is 0. The number of hydrogen-bond donors (Lipinski definition) is 0. The molecule has 3 heterocycles. The molecule has 0 saturated carbocycles. The van der Waals surface area contributed by atoms with Gasteiger partial charge in [0, 0.05) is 42.1 Å². The SMILES string of the molecule is c1ccc2c(c1)sc1cc(-c3c4ccccc4c(-c4cccc5c4oc4ccc6ccoc6c45)c4ccccc34)ccc12. The first-order chi connectivity index (χ1) is 21.3. The van der Waals surface area contributed by atoms with Gasteiger partial charge in [-0.3, -0.25) is 0 Å². The third-order valence-electron chi connectivity index (χ3n) is 8.95. The average Bonchev–Trinajstić information content (AvgIpc) is 3.78. The van der Waals surface area contributed by atoms with Crippen LogP contribution in [0.5, 0.6) is 0 Å². The van der Waals surface area contributed by atoms with Crippen LogP contribution in [0.3, 0.4) is 0 Å². The van der Waals surface area contributed by atoms with Gasteiger partial charge in [0.15, 0.2) is 0 Å². The van der Waals surface area contributed by atoms with Crippen molar-refractivity contribution in [1.29, 1.82) is 0 Å². The van der Waals surface area contributed by atoms with Crippen LogP contribution in [-0.4, -0.2) is 0 Å². The van der Waals surface area contributed by atoms with Crippen LogP contribution in [-0.2, 0) is 0 Å². The minimum absolute atomic E-state index is 0.840. The van der Waals surface area contributed by atoms with E-state index in [1.165, 1.54) is 58.4 Å². The molecule has 0 bridgehead atoms. The molecule has 0 aliphatic rings. The Morgan fingerprint density at radius 1 is 0.465 bits per heavy atom. The van der Waals surface area contributed by atoms with Gasteiger partial charge in [0.1, 0.15) is 16.7 Å². The largest absolute Gasteiger partial charge is 0.464 e. The summed E-state index contributed by atoms with van der Waals surface area (Å²) in [5, 5.41) is 10.7. The summed E-state index contributed by atoms with van der Waals surface area (Å²) in [7, 11) is 0. The zero-order valence-corrected chi connectivity index (χ0v) is 23.7. The Bertz CT molecular complexity index is 2680. The molecule has 10 aromatic rings. The highest BCUT2D eigenvalue weighted by molar-refractivity contribution is 7.25. The Kier molecular flexibility index (Phi) is 4.63. The van der Waals surface area contributed by atoms with E-state index in [2.05, 4.69) is 121 Å². The van der Waals surface area contributed by atoms with Crippen LogP contribution >= 0.6 is 11.3 Å². The molecule has 0 saturated heterocycles. The van der Waals surface area contributed by atoms with E-state index in [9.17, 15) is 0 Å². The van der Waals surface area contributed by atoms with Gasteiger partial charge in [-0.15, -0.1) is 11.3 Å². The van der Waals surface area contributed by atoms with E-state index < -0.39 is 0 Å². The number of rotatable bonds is 2. The smallest absolute Gasteiger partial charge is 0.145 e. The Hall–Kier alpha value is -5.38. The molecule has 0 spiro atoms. The quantitative estimate of drug-likeness (QED) is 0.195. The second-order valence-corrected chi connectivity index (χ2v) is 12.3. The molecule has 200 valence electrons. The molecule has 0 aliphatic heterocycles. The minimum Gasteiger partial charge on any atom is -0.464 e. The monoisotopic (exact) mass is 566 g/mol. The van der Waals surface area contributed by atoms with Crippen molar-refractivity contribution in [3.63, 3.8) is 0 Å². The Balaban J connectivity index is 1.32. The zero-order valence-electron chi connectivity index (χ0n) is 22.9. The maximum Gasteiger partial charge on any atom is 0.145 e. The van der Waals surface area contributed by atoms with Gasteiger partial charge in [0.2, 0.25) is 0 Å². The lowest BCUT2D eigenvalue weighted by molar-refractivity contribution is 0.618. The van der Waals surface area contributed by atoms with Crippen molar-refractivity contribution in [3.05, 3.63) is 134 Å². The van der Waals surface area contributed by atoms with Crippen molar-refractivity contribution in [2.45, 2.75) is 0 Å². The maximum atomic E-state index is 6.65. The van der Waals surface area contributed by atoms with Gasteiger partial charge < -0.3 is 8.83 Å². The first-order valence-corrected chi connectivity index (χ1v) is 15.3. The van der Waals surface area contributed by atoms with Crippen LogP contribution in [0.15, 0.2) is 142 Å². The molecule has 0 fully saturated rings. The maximum absolute atomic E-state index is 6.65. The molecule has 0 aliphatic carbocycles. The fourth-order valence-electron chi connectivity index (χ4n) is 7.12. The van der Waals surface area contributed by atoms with E-state index in [1.807, 2.05) is 17.4 Å². The van der Waals surface area contributed by atoms with Crippen molar-refractivity contribution >= 4 is 86.0 Å². The van der Waals surface area contributed by atoms with Gasteiger partial charge in [-0.2, -0.15) is 0 Å². The van der Waals surface area contributed by atoms with E-state index in [1.54, 1.807) is 6.26 Å². The van der Waals surface area contributed by atoms with Crippen LogP contribution in [0, 0.1) is 0 Å².